The van der Waals surface area contributed by atoms with Gasteiger partial charge in [-0.25, -0.2) is 9.78 Å². The molecule has 0 unspecified atom stereocenters. The van der Waals surface area contributed by atoms with E-state index in [1.807, 2.05) is 6.07 Å². The Morgan fingerprint density at radius 2 is 2.24 bits per heavy atom. The zero-order valence-electron chi connectivity index (χ0n) is 11.4. The molecule has 3 rings (SSSR count). The first-order valence-electron chi connectivity index (χ1n) is 6.72. The zero-order valence-corrected chi connectivity index (χ0v) is 13.7. The highest BCUT2D eigenvalue weighted by Crippen LogP contribution is 2.42. The van der Waals surface area contributed by atoms with E-state index < -0.39 is 5.97 Å². The molecule has 0 aliphatic heterocycles. The highest BCUT2D eigenvalue weighted by Gasteiger charge is 2.34. The second-order valence-corrected chi connectivity index (χ2v) is 6.24. The maximum Gasteiger partial charge on any atom is 0.376 e. The Morgan fingerprint density at radius 3 is 2.86 bits per heavy atom. The second kappa shape index (κ2) is 5.81. The van der Waals surface area contributed by atoms with Gasteiger partial charge in [0, 0.05) is 21.0 Å². The topological polar surface area (TPSA) is 52.3 Å². The molecule has 1 fully saturated rings. The first kappa shape index (κ1) is 14.6. The van der Waals surface area contributed by atoms with Crippen LogP contribution in [0.25, 0.3) is 11.5 Å². The maximum absolute atomic E-state index is 12.0. The van der Waals surface area contributed by atoms with Crippen molar-refractivity contribution in [1.82, 2.24) is 4.98 Å². The van der Waals surface area contributed by atoms with Crippen molar-refractivity contribution in [2.45, 2.75) is 25.7 Å². The number of hydrogen-bond donors (Lipinski definition) is 0. The van der Waals surface area contributed by atoms with Gasteiger partial charge in [-0.2, -0.15) is 0 Å². The first-order chi connectivity index (χ1) is 10.1. The summed E-state index contributed by atoms with van der Waals surface area (Å²) >= 11 is 9.43. The van der Waals surface area contributed by atoms with Gasteiger partial charge < -0.3 is 9.15 Å². The normalized spacial score (nSPS) is 14.2. The third kappa shape index (κ3) is 3.14. The Hall–Kier alpha value is -1.33. The minimum Gasteiger partial charge on any atom is -0.460 e. The molecule has 2 aromatic rings. The monoisotopic (exact) mass is 369 g/mol. The first-order valence-corrected chi connectivity index (χ1v) is 7.90. The molecule has 110 valence electrons. The van der Waals surface area contributed by atoms with Crippen LogP contribution in [-0.2, 0) is 4.74 Å². The van der Waals surface area contributed by atoms with Crippen LogP contribution in [-0.4, -0.2) is 17.6 Å². The average Bonchev–Trinajstić information content (AvgIpc) is 3.16. The van der Waals surface area contributed by atoms with E-state index in [-0.39, 0.29) is 5.76 Å². The molecule has 6 heteroatoms. The fourth-order valence-corrected chi connectivity index (χ4v) is 2.97. The number of ether oxygens (including phenoxy) is 1. The van der Waals surface area contributed by atoms with Crippen LogP contribution in [0.3, 0.4) is 0 Å². The molecule has 1 aliphatic rings. The van der Waals surface area contributed by atoms with Crippen molar-refractivity contribution in [1.29, 1.82) is 0 Å². The Bertz CT molecular complexity index is 674. The molecular formula is C15H13BrClNO3. The third-order valence-electron chi connectivity index (χ3n) is 3.19. The molecule has 0 amide bonds. The number of hydrogen-bond acceptors (Lipinski definition) is 4. The standard InChI is InChI=1S/C15H13BrClNO3/c1-2-20-15(19)13-12(8-3-4-8)18-14(21-13)9-5-10(16)7-11(17)6-9/h5-8H,2-4H2,1H3. The number of carbonyl (C=O) groups excluding carboxylic acids is 1. The lowest BCUT2D eigenvalue weighted by atomic mass is 10.2. The molecule has 21 heavy (non-hydrogen) atoms. The highest BCUT2D eigenvalue weighted by molar-refractivity contribution is 9.10. The Kier molecular flexibility index (Phi) is 4.04. The summed E-state index contributed by atoms with van der Waals surface area (Å²) in [6.07, 6.45) is 2.05. The lowest BCUT2D eigenvalue weighted by molar-refractivity contribution is 0.0489. The summed E-state index contributed by atoms with van der Waals surface area (Å²) in [5.41, 5.74) is 1.42. The van der Waals surface area contributed by atoms with Crippen LogP contribution in [0.15, 0.2) is 27.1 Å². The van der Waals surface area contributed by atoms with Crippen molar-refractivity contribution in [2.75, 3.05) is 6.61 Å². The lowest BCUT2D eigenvalue weighted by Crippen LogP contribution is -2.05. The van der Waals surface area contributed by atoms with Gasteiger partial charge in [0.15, 0.2) is 0 Å². The van der Waals surface area contributed by atoms with Crippen molar-refractivity contribution in [3.8, 4) is 11.5 Å². The minimum absolute atomic E-state index is 0.213. The van der Waals surface area contributed by atoms with E-state index in [9.17, 15) is 4.79 Å². The van der Waals surface area contributed by atoms with Crippen molar-refractivity contribution in [3.63, 3.8) is 0 Å². The van der Waals surface area contributed by atoms with E-state index in [1.54, 1.807) is 19.1 Å². The summed E-state index contributed by atoms with van der Waals surface area (Å²) in [6, 6.07) is 5.38. The Labute approximate surface area is 135 Å². The van der Waals surface area contributed by atoms with Gasteiger partial charge in [-0.05, 0) is 38.0 Å². The van der Waals surface area contributed by atoms with E-state index in [0.29, 0.717) is 29.1 Å². The van der Waals surface area contributed by atoms with Gasteiger partial charge in [-0.3, -0.25) is 0 Å². The number of benzene rings is 1. The van der Waals surface area contributed by atoms with Crippen LogP contribution in [0.4, 0.5) is 0 Å². The Morgan fingerprint density at radius 1 is 1.48 bits per heavy atom. The number of oxazole rings is 1. The summed E-state index contributed by atoms with van der Waals surface area (Å²) in [5.74, 6) is 0.442. The maximum atomic E-state index is 12.0. The van der Waals surface area contributed by atoms with Gasteiger partial charge in [0.25, 0.3) is 0 Å². The largest absolute Gasteiger partial charge is 0.460 e. The van der Waals surface area contributed by atoms with Crippen LogP contribution in [0.5, 0.6) is 0 Å². The zero-order chi connectivity index (χ0) is 15.0. The predicted octanol–water partition coefficient (Wildman–Crippen LogP) is 4.81. The number of carbonyl (C=O) groups is 1. The molecule has 0 atom stereocenters. The molecule has 1 aliphatic carbocycles. The predicted molar refractivity (Wildman–Crippen MR) is 82.6 cm³/mol. The SMILES string of the molecule is CCOC(=O)c1oc(-c2cc(Cl)cc(Br)c2)nc1C1CC1. The van der Waals surface area contributed by atoms with Crippen LogP contribution < -0.4 is 0 Å². The summed E-state index contributed by atoms with van der Waals surface area (Å²) < 4.78 is 11.5. The molecule has 1 saturated carbocycles. The highest BCUT2D eigenvalue weighted by atomic mass is 79.9. The van der Waals surface area contributed by atoms with E-state index in [2.05, 4.69) is 20.9 Å². The fourth-order valence-electron chi connectivity index (χ4n) is 2.11. The number of aromatic nitrogens is 1. The molecule has 1 aromatic carbocycles. The molecule has 1 heterocycles. The molecule has 0 spiro atoms. The smallest absolute Gasteiger partial charge is 0.376 e. The van der Waals surface area contributed by atoms with Gasteiger partial charge in [0.1, 0.15) is 0 Å². The van der Waals surface area contributed by atoms with E-state index in [4.69, 9.17) is 20.8 Å². The number of rotatable bonds is 4. The summed E-state index contributed by atoms with van der Waals surface area (Å²) in [7, 11) is 0. The van der Waals surface area contributed by atoms with Crippen LogP contribution in [0.2, 0.25) is 5.02 Å². The van der Waals surface area contributed by atoms with Crippen LogP contribution in [0, 0.1) is 0 Å². The van der Waals surface area contributed by atoms with Crippen molar-refractivity contribution in [2.24, 2.45) is 0 Å². The molecule has 4 nitrogen and oxygen atoms in total. The van der Waals surface area contributed by atoms with Gasteiger partial charge in [0.2, 0.25) is 11.7 Å². The third-order valence-corrected chi connectivity index (χ3v) is 3.86. The van der Waals surface area contributed by atoms with E-state index >= 15 is 0 Å². The van der Waals surface area contributed by atoms with Crippen molar-refractivity contribution >= 4 is 33.5 Å². The molecular weight excluding hydrogens is 358 g/mol. The summed E-state index contributed by atoms with van der Waals surface area (Å²) in [5, 5.41) is 0.572. The lowest BCUT2D eigenvalue weighted by Gasteiger charge is -1.99. The summed E-state index contributed by atoms with van der Waals surface area (Å²) in [6.45, 7) is 2.07. The van der Waals surface area contributed by atoms with Crippen LogP contribution in [0.1, 0.15) is 41.9 Å². The summed E-state index contributed by atoms with van der Waals surface area (Å²) in [4.78, 5) is 16.5. The molecule has 0 bridgehead atoms. The van der Waals surface area contributed by atoms with Crippen molar-refractivity contribution in [3.05, 3.63) is 39.1 Å². The molecule has 1 aromatic heterocycles. The Balaban J connectivity index is 2.03. The van der Waals surface area contributed by atoms with Gasteiger partial charge in [-0.1, -0.05) is 27.5 Å². The second-order valence-electron chi connectivity index (χ2n) is 4.89. The molecule has 0 N–H and O–H groups in total. The van der Waals surface area contributed by atoms with Crippen LogP contribution >= 0.6 is 27.5 Å². The van der Waals surface area contributed by atoms with Gasteiger partial charge in [-0.15, -0.1) is 0 Å². The number of nitrogens with zero attached hydrogens (tertiary/aromatic N) is 1. The quantitative estimate of drug-likeness (QED) is 0.725. The number of halogens is 2. The minimum atomic E-state index is -0.459. The van der Waals surface area contributed by atoms with E-state index in [1.165, 1.54) is 0 Å². The fraction of sp³-hybridized carbons (Fsp3) is 0.333. The number of esters is 1. The van der Waals surface area contributed by atoms with E-state index in [0.717, 1.165) is 22.9 Å². The molecule has 0 saturated heterocycles. The van der Waals surface area contributed by atoms with Gasteiger partial charge in [0.05, 0.1) is 12.3 Å². The average molecular weight is 371 g/mol. The van der Waals surface area contributed by atoms with Crippen molar-refractivity contribution < 1.29 is 13.9 Å². The molecule has 0 radical (unpaired) electrons. The van der Waals surface area contributed by atoms with Gasteiger partial charge >= 0.3 is 5.97 Å².